The van der Waals surface area contributed by atoms with Crippen LogP contribution in [0.25, 0.3) is 22.0 Å². The predicted molar refractivity (Wildman–Crippen MR) is 109 cm³/mol. The molecule has 1 atom stereocenters. The number of benzene rings is 2. The number of aromatic nitrogens is 1. The summed E-state index contributed by atoms with van der Waals surface area (Å²) in [7, 11) is 0. The Morgan fingerprint density at radius 1 is 1.14 bits per heavy atom. The van der Waals surface area contributed by atoms with Crippen LogP contribution in [0.5, 0.6) is 0 Å². The molecule has 0 saturated heterocycles. The van der Waals surface area contributed by atoms with Gasteiger partial charge >= 0.3 is 0 Å². The van der Waals surface area contributed by atoms with E-state index in [9.17, 15) is 14.0 Å². The Kier molecular flexibility index (Phi) is 6.05. The van der Waals surface area contributed by atoms with Crippen LogP contribution in [0.4, 0.5) is 4.39 Å². The lowest BCUT2D eigenvalue weighted by atomic mass is 9.84. The second-order valence-electron chi connectivity index (χ2n) is 7.35. The Morgan fingerprint density at radius 2 is 1.93 bits per heavy atom. The van der Waals surface area contributed by atoms with Gasteiger partial charge in [0.15, 0.2) is 0 Å². The fraction of sp³-hybridized carbons (Fsp3) is 0.304. The van der Waals surface area contributed by atoms with E-state index in [1.165, 1.54) is 6.07 Å². The molecule has 1 heterocycles. The molecule has 146 valence electrons. The molecule has 2 N–H and O–H groups in total. The molecule has 0 fully saturated rings. The van der Waals surface area contributed by atoms with E-state index < -0.39 is 5.92 Å². The number of carbonyl (C=O) groups is 1. The van der Waals surface area contributed by atoms with Crippen LogP contribution in [0.3, 0.4) is 0 Å². The van der Waals surface area contributed by atoms with Crippen LogP contribution in [0.2, 0.25) is 0 Å². The largest absolute Gasteiger partial charge is 0.396 e. The summed E-state index contributed by atoms with van der Waals surface area (Å²) in [6.07, 6.45) is 0.630. The summed E-state index contributed by atoms with van der Waals surface area (Å²) in [5.41, 5.74) is 1.38. The molecule has 0 radical (unpaired) electrons. The van der Waals surface area contributed by atoms with Gasteiger partial charge in [0.05, 0.1) is 5.92 Å². The van der Waals surface area contributed by atoms with Gasteiger partial charge in [-0.1, -0.05) is 44.2 Å². The van der Waals surface area contributed by atoms with Crippen molar-refractivity contribution in [3.63, 3.8) is 0 Å². The molecular formula is C23H24FNO3. The highest BCUT2D eigenvalue weighted by molar-refractivity contribution is 5.88. The molecule has 5 heteroatoms. The molecule has 4 nitrogen and oxygen atoms in total. The number of nitrogens with one attached hydrogen (secondary N) is 1. The summed E-state index contributed by atoms with van der Waals surface area (Å²) in [6.45, 7) is 3.76. The minimum absolute atomic E-state index is 0.0343. The summed E-state index contributed by atoms with van der Waals surface area (Å²) in [4.78, 5) is 28.1. The predicted octanol–water partition coefficient (Wildman–Crippen LogP) is 4.42. The lowest BCUT2D eigenvalue weighted by molar-refractivity contribution is -0.121. The van der Waals surface area contributed by atoms with Gasteiger partial charge in [-0.2, -0.15) is 0 Å². The minimum Gasteiger partial charge on any atom is -0.396 e. The maximum Gasteiger partial charge on any atom is 0.252 e. The van der Waals surface area contributed by atoms with E-state index in [4.69, 9.17) is 5.11 Å². The Hall–Kier alpha value is -2.79. The Balaban J connectivity index is 1.99. The molecule has 0 spiro atoms. The van der Waals surface area contributed by atoms with E-state index >= 15 is 0 Å². The number of aliphatic hydroxyl groups excluding tert-OH is 1. The number of hydrogen-bond acceptors (Lipinski definition) is 3. The normalized spacial score (nSPS) is 12.5. The van der Waals surface area contributed by atoms with Crippen molar-refractivity contribution in [3.8, 4) is 11.3 Å². The first-order valence-corrected chi connectivity index (χ1v) is 9.48. The third-order valence-corrected chi connectivity index (χ3v) is 5.01. The van der Waals surface area contributed by atoms with Crippen LogP contribution in [0.1, 0.15) is 38.2 Å². The molecule has 0 aliphatic rings. The number of halogens is 1. The van der Waals surface area contributed by atoms with Crippen LogP contribution < -0.4 is 5.56 Å². The zero-order chi connectivity index (χ0) is 20.3. The maximum atomic E-state index is 14.1. The standard InChI is InChI=1S/C23H24FNO3/c1-14(2)22(21(27)7-4-12-26)17-10-11-20(25-23(17)28)16-9-8-15-5-3-6-19(24)18(15)13-16/h3,5-6,8-11,13-14,22,26H,4,7,12H2,1-2H3,(H,25,28). The minimum atomic E-state index is -0.515. The first-order valence-electron chi connectivity index (χ1n) is 9.48. The van der Waals surface area contributed by atoms with Gasteiger partial charge in [-0.05, 0) is 41.5 Å². The van der Waals surface area contributed by atoms with E-state index in [1.807, 2.05) is 32.0 Å². The lowest BCUT2D eigenvalue weighted by Gasteiger charge is -2.19. The summed E-state index contributed by atoms with van der Waals surface area (Å²) < 4.78 is 14.1. The topological polar surface area (TPSA) is 70.2 Å². The van der Waals surface area contributed by atoms with Crippen molar-refractivity contribution in [2.45, 2.75) is 32.6 Å². The zero-order valence-corrected chi connectivity index (χ0v) is 16.0. The van der Waals surface area contributed by atoms with E-state index in [-0.39, 0.29) is 36.1 Å². The lowest BCUT2D eigenvalue weighted by Crippen LogP contribution is -2.26. The third-order valence-electron chi connectivity index (χ3n) is 5.01. The second-order valence-corrected chi connectivity index (χ2v) is 7.35. The molecule has 28 heavy (non-hydrogen) atoms. The van der Waals surface area contributed by atoms with Gasteiger partial charge in [-0.15, -0.1) is 0 Å². The summed E-state index contributed by atoms with van der Waals surface area (Å²) in [5.74, 6) is -0.908. The Bertz CT molecular complexity index is 1060. The Morgan fingerprint density at radius 3 is 2.61 bits per heavy atom. The molecule has 0 amide bonds. The van der Waals surface area contributed by atoms with E-state index in [1.54, 1.807) is 24.3 Å². The van der Waals surface area contributed by atoms with E-state index in [0.717, 1.165) is 5.39 Å². The molecule has 0 aliphatic carbocycles. The van der Waals surface area contributed by atoms with Crippen LogP contribution in [0.15, 0.2) is 53.3 Å². The van der Waals surface area contributed by atoms with Gasteiger partial charge in [-0.25, -0.2) is 4.39 Å². The number of aromatic amines is 1. The molecular weight excluding hydrogens is 357 g/mol. The van der Waals surface area contributed by atoms with Gasteiger partial charge < -0.3 is 10.1 Å². The zero-order valence-electron chi connectivity index (χ0n) is 16.0. The van der Waals surface area contributed by atoms with Crippen LogP contribution >= 0.6 is 0 Å². The quantitative estimate of drug-likeness (QED) is 0.637. The SMILES string of the molecule is CC(C)C(C(=O)CCCO)c1ccc(-c2ccc3cccc(F)c3c2)[nH]c1=O. The molecule has 1 aromatic heterocycles. The van der Waals surface area contributed by atoms with Crippen LogP contribution in [-0.4, -0.2) is 22.5 Å². The van der Waals surface area contributed by atoms with Crippen molar-refractivity contribution in [1.82, 2.24) is 4.98 Å². The number of hydrogen-bond donors (Lipinski definition) is 2. The molecule has 0 saturated carbocycles. The van der Waals surface area contributed by atoms with Crippen molar-refractivity contribution < 1.29 is 14.3 Å². The van der Waals surface area contributed by atoms with Gasteiger partial charge in [0, 0.05) is 29.7 Å². The van der Waals surface area contributed by atoms with Crippen molar-refractivity contribution in [1.29, 1.82) is 0 Å². The van der Waals surface area contributed by atoms with Gasteiger partial charge in [0.1, 0.15) is 11.6 Å². The number of carbonyl (C=O) groups excluding carboxylic acids is 1. The van der Waals surface area contributed by atoms with Crippen LogP contribution in [-0.2, 0) is 4.79 Å². The van der Waals surface area contributed by atoms with Crippen molar-refractivity contribution in [3.05, 3.63) is 70.3 Å². The number of H-pyrrole nitrogens is 1. The van der Waals surface area contributed by atoms with Gasteiger partial charge in [-0.3, -0.25) is 9.59 Å². The number of rotatable bonds is 7. The van der Waals surface area contributed by atoms with Crippen molar-refractivity contribution in [2.75, 3.05) is 6.61 Å². The average molecular weight is 381 g/mol. The van der Waals surface area contributed by atoms with Crippen molar-refractivity contribution >= 4 is 16.6 Å². The fourth-order valence-electron chi connectivity index (χ4n) is 3.61. The fourth-order valence-corrected chi connectivity index (χ4v) is 3.61. The molecule has 2 aromatic carbocycles. The summed E-state index contributed by atoms with van der Waals surface area (Å²) in [6, 6.07) is 13.7. The summed E-state index contributed by atoms with van der Waals surface area (Å²) >= 11 is 0. The molecule has 0 bridgehead atoms. The number of pyridine rings is 1. The van der Waals surface area contributed by atoms with Gasteiger partial charge in [0.2, 0.25) is 0 Å². The summed E-state index contributed by atoms with van der Waals surface area (Å²) in [5, 5.41) is 10.3. The third kappa shape index (κ3) is 4.04. The highest BCUT2D eigenvalue weighted by atomic mass is 19.1. The van der Waals surface area contributed by atoms with Gasteiger partial charge in [0.25, 0.3) is 5.56 Å². The van der Waals surface area contributed by atoms with E-state index in [0.29, 0.717) is 28.6 Å². The molecule has 1 unspecified atom stereocenters. The number of aliphatic hydroxyl groups is 1. The number of fused-ring (bicyclic) bond motifs is 1. The van der Waals surface area contributed by atoms with Crippen molar-refractivity contribution in [2.24, 2.45) is 5.92 Å². The second kappa shape index (κ2) is 8.48. The Labute approximate surface area is 163 Å². The molecule has 0 aliphatic heterocycles. The molecule has 3 rings (SSSR count). The average Bonchev–Trinajstić information content (AvgIpc) is 2.67. The number of ketones is 1. The first kappa shape index (κ1) is 20.0. The smallest absolute Gasteiger partial charge is 0.252 e. The first-order chi connectivity index (χ1) is 13.4. The van der Waals surface area contributed by atoms with E-state index in [2.05, 4.69) is 4.98 Å². The van der Waals surface area contributed by atoms with Crippen LogP contribution in [0, 0.1) is 11.7 Å². The highest BCUT2D eigenvalue weighted by Gasteiger charge is 2.26. The molecule has 3 aromatic rings. The monoisotopic (exact) mass is 381 g/mol. The number of Topliss-reactive ketones (excluding diaryl/α,β-unsaturated/α-hetero) is 1. The highest BCUT2D eigenvalue weighted by Crippen LogP contribution is 2.28. The maximum absolute atomic E-state index is 14.1.